The normalized spacial score (nSPS) is 14.7. The maximum Gasteiger partial charge on any atom is 0.244 e. The van der Waals surface area contributed by atoms with Crippen molar-refractivity contribution in [2.45, 2.75) is 39.2 Å². The van der Waals surface area contributed by atoms with Crippen LogP contribution in [-0.2, 0) is 16.0 Å². The molecular weight excluding hydrogens is 376 g/mol. The van der Waals surface area contributed by atoms with Gasteiger partial charge in [-0.3, -0.25) is 9.59 Å². The van der Waals surface area contributed by atoms with Gasteiger partial charge in [0, 0.05) is 35.1 Å². The topological polar surface area (TPSA) is 71.3 Å². The Morgan fingerprint density at radius 3 is 2.57 bits per heavy atom. The summed E-state index contributed by atoms with van der Waals surface area (Å²) in [6.07, 6.45) is 6.10. The zero-order valence-electron chi connectivity index (χ0n) is 17.3. The number of amides is 2. The lowest BCUT2D eigenvalue weighted by atomic mass is 10.1. The Morgan fingerprint density at radius 1 is 1.13 bits per heavy atom. The van der Waals surface area contributed by atoms with Crippen LogP contribution in [0.5, 0.6) is 0 Å². The number of carbonyl (C=O) groups excluding carboxylic acids is 2. The van der Waals surface area contributed by atoms with Crippen LogP contribution in [0.15, 0.2) is 59.0 Å². The number of fused-ring (bicyclic) bond motifs is 1. The minimum atomic E-state index is -0.166. The molecule has 2 N–H and O–H groups in total. The fraction of sp³-hybridized carbons (Fsp3) is 0.280. The molecule has 0 aliphatic heterocycles. The number of rotatable bonds is 7. The zero-order valence-corrected chi connectivity index (χ0v) is 17.3. The van der Waals surface area contributed by atoms with Gasteiger partial charge in [0.05, 0.1) is 6.04 Å². The molecule has 154 valence electrons. The average Bonchev–Trinajstić information content (AvgIpc) is 3.54. The van der Waals surface area contributed by atoms with E-state index in [0.717, 1.165) is 52.8 Å². The Balaban J connectivity index is 1.39. The molecule has 4 rings (SSSR count). The first-order valence-corrected chi connectivity index (χ1v) is 10.4. The molecule has 1 aliphatic rings. The molecule has 5 nitrogen and oxygen atoms in total. The maximum absolute atomic E-state index is 12.5. The fourth-order valence-corrected chi connectivity index (χ4v) is 3.51. The summed E-state index contributed by atoms with van der Waals surface area (Å²) in [5.74, 6) is 0.973. The van der Waals surface area contributed by atoms with Gasteiger partial charge in [-0.25, -0.2) is 0 Å². The van der Waals surface area contributed by atoms with Crippen molar-refractivity contribution >= 4 is 34.5 Å². The van der Waals surface area contributed by atoms with E-state index >= 15 is 0 Å². The number of anilines is 1. The van der Waals surface area contributed by atoms with Gasteiger partial charge in [0.15, 0.2) is 0 Å². The summed E-state index contributed by atoms with van der Waals surface area (Å²) in [7, 11) is 0. The van der Waals surface area contributed by atoms with Crippen molar-refractivity contribution in [3.8, 4) is 0 Å². The minimum Gasteiger partial charge on any atom is -0.460 e. The first-order chi connectivity index (χ1) is 14.5. The highest BCUT2D eigenvalue weighted by Crippen LogP contribution is 2.30. The molecule has 0 radical (unpaired) electrons. The molecule has 1 aromatic heterocycles. The molecule has 1 fully saturated rings. The molecule has 1 heterocycles. The smallest absolute Gasteiger partial charge is 0.244 e. The molecule has 1 aliphatic carbocycles. The largest absolute Gasteiger partial charge is 0.460 e. The summed E-state index contributed by atoms with van der Waals surface area (Å²) in [6, 6.07) is 15.3. The number of carbonyl (C=O) groups is 2. The van der Waals surface area contributed by atoms with Crippen molar-refractivity contribution in [2.75, 3.05) is 5.32 Å². The molecule has 30 heavy (non-hydrogen) atoms. The number of nitrogens with one attached hydrogen (secondary N) is 2. The highest BCUT2D eigenvalue weighted by atomic mass is 16.3. The molecule has 1 saturated carbocycles. The molecule has 1 unspecified atom stereocenters. The van der Waals surface area contributed by atoms with E-state index in [1.54, 1.807) is 6.08 Å². The Bertz CT molecular complexity index is 1090. The highest BCUT2D eigenvalue weighted by Gasteiger charge is 2.29. The van der Waals surface area contributed by atoms with Gasteiger partial charge in [-0.2, -0.15) is 0 Å². The Morgan fingerprint density at radius 2 is 1.87 bits per heavy atom. The van der Waals surface area contributed by atoms with Gasteiger partial charge in [-0.15, -0.1) is 0 Å². The van der Waals surface area contributed by atoms with Gasteiger partial charge in [-0.05, 0) is 49.6 Å². The SMILES string of the molecule is CCc1oc2ccccc2c1/C=C/C(=O)NC(C)c1ccc(NC(=O)C2CC2)cc1. The number of benzene rings is 2. The van der Waals surface area contributed by atoms with Crippen molar-refractivity contribution in [1.29, 1.82) is 0 Å². The van der Waals surface area contributed by atoms with Crippen LogP contribution in [0, 0.1) is 5.92 Å². The molecular formula is C25H26N2O3. The van der Waals surface area contributed by atoms with Crippen molar-refractivity contribution < 1.29 is 14.0 Å². The Labute approximate surface area is 176 Å². The van der Waals surface area contributed by atoms with Gasteiger partial charge in [0.2, 0.25) is 11.8 Å². The second-order valence-corrected chi connectivity index (χ2v) is 7.74. The lowest BCUT2D eigenvalue weighted by molar-refractivity contribution is -0.118. The third-order valence-electron chi connectivity index (χ3n) is 5.42. The number of hydrogen-bond acceptors (Lipinski definition) is 3. The van der Waals surface area contributed by atoms with E-state index in [0.29, 0.717) is 0 Å². The summed E-state index contributed by atoms with van der Waals surface area (Å²) >= 11 is 0. The highest BCUT2D eigenvalue weighted by molar-refractivity contribution is 5.96. The number of aryl methyl sites for hydroxylation is 1. The Kier molecular flexibility index (Phi) is 5.70. The molecule has 0 spiro atoms. The van der Waals surface area contributed by atoms with E-state index in [4.69, 9.17) is 4.42 Å². The first-order valence-electron chi connectivity index (χ1n) is 10.4. The minimum absolute atomic E-state index is 0.0902. The van der Waals surface area contributed by atoms with E-state index in [2.05, 4.69) is 10.6 Å². The van der Waals surface area contributed by atoms with Crippen LogP contribution < -0.4 is 10.6 Å². The van der Waals surface area contributed by atoms with Gasteiger partial charge in [0.25, 0.3) is 0 Å². The van der Waals surface area contributed by atoms with E-state index in [1.807, 2.05) is 68.5 Å². The van der Waals surface area contributed by atoms with Crippen LogP contribution in [0.25, 0.3) is 17.0 Å². The van der Waals surface area contributed by atoms with Crippen molar-refractivity contribution in [3.05, 3.63) is 71.5 Å². The van der Waals surface area contributed by atoms with Crippen molar-refractivity contribution in [1.82, 2.24) is 5.32 Å². The summed E-state index contributed by atoms with van der Waals surface area (Å²) in [6.45, 7) is 3.97. The molecule has 3 aromatic rings. The second-order valence-electron chi connectivity index (χ2n) is 7.74. The summed E-state index contributed by atoms with van der Waals surface area (Å²) in [5.41, 5.74) is 3.54. The van der Waals surface area contributed by atoms with Gasteiger partial charge < -0.3 is 15.1 Å². The molecule has 2 amide bonds. The number of para-hydroxylation sites is 1. The predicted molar refractivity (Wildman–Crippen MR) is 119 cm³/mol. The lowest BCUT2D eigenvalue weighted by Gasteiger charge is -2.14. The second kappa shape index (κ2) is 8.57. The Hall–Kier alpha value is -3.34. The summed E-state index contributed by atoms with van der Waals surface area (Å²) in [4.78, 5) is 24.3. The van der Waals surface area contributed by atoms with E-state index in [-0.39, 0.29) is 23.8 Å². The quantitative estimate of drug-likeness (QED) is 0.531. The predicted octanol–water partition coefficient (Wildman–Crippen LogP) is 5.23. The molecule has 0 bridgehead atoms. The van der Waals surface area contributed by atoms with Gasteiger partial charge in [-0.1, -0.05) is 37.3 Å². The average molecular weight is 402 g/mol. The standard InChI is InChI=1S/C25H26N2O3/c1-3-22-21(20-6-4-5-7-23(20)30-22)14-15-24(28)26-16(2)17-10-12-19(13-11-17)27-25(29)18-8-9-18/h4-7,10-16,18H,3,8-9H2,1-2H3,(H,26,28)(H,27,29)/b15-14+. The molecule has 0 saturated heterocycles. The van der Waals surface area contributed by atoms with Crippen LogP contribution in [0.2, 0.25) is 0 Å². The van der Waals surface area contributed by atoms with Crippen LogP contribution in [0.3, 0.4) is 0 Å². The van der Waals surface area contributed by atoms with Gasteiger partial charge >= 0.3 is 0 Å². The van der Waals surface area contributed by atoms with Crippen LogP contribution in [0.1, 0.15) is 49.6 Å². The van der Waals surface area contributed by atoms with Gasteiger partial charge in [0.1, 0.15) is 11.3 Å². The van der Waals surface area contributed by atoms with Crippen molar-refractivity contribution in [2.24, 2.45) is 5.92 Å². The van der Waals surface area contributed by atoms with E-state index < -0.39 is 0 Å². The van der Waals surface area contributed by atoms with E-state index in [9.17, 15) is 9.59 Å². The molecule has 1 atom stereocenters. The third-order valence-corrected chi connectivity index (χ3v) is 5.42. The number of hydrogen-bond donors (Lipinski definition) is 2. The van der Waals surface area contributed by atoms with Crippen LogP contribution in [0.4, 0.5) is 5.69 Å². The fourth-order valence-electron chi connectivity index (χ4n) is 3.51. The molecule has 2 aromatic carbocycles. The number of furan rings is 1. The molecule has 5 heteroatoms. The third kappa shape index (κ3) is 4.46. The summed E-state index contributed by atoms with van der Waals surface area (Å²) < 4.78 is 5.88. The zero-order chi connectivity index (χ0) is 21.1. The first kappa shape index (κ1) is 20.0. The van der Waals surface area contributed by atoms with E-state index in [1.165, 1.54) is 0 Å². The lowest BCUT2D eigenvalue weighted by Crippen LogP contribution is -2.24. The van der Waals surface area contributed by atoms with Crippen molar-refractivity contribution in [3.63, 3.8) is 0 Å². The summed E-state index contributed by atoms with van der Waals surface area (Å²) in [5, 5.41) is 6.92. The van der Waals surface area contributed by atoms with Crippen LogP contribution in [-0.4, -0.2) is 11.8 Å². The maximum atomic E-state index is 12.5. The monoisotopic (exact) mass is 402 g/mol. The van der Waals surface area contributed by atoms with Crippen LogP contribution >= 0.6 is 0 Å².